The van der Waals surface area contributed by atoms with Gasteiger partial charge in [-0.25, -0.2) is 0 Å². The summed E-state index contributed by atoms with van der Waals surface area (Å²) in [5.41, 5.74) is 3.52. The lowest BCUT2D eigenvalue weighted by atomic mass is 9.66. The lowest BCUT2D eigenvalue weighted by Gasteiger charge is -2.52. The summed E-state index contributed by atoms with van der Waals surface area (Å²) in [5.74, 6) is -0.234. The molecule has 0 radical (unpaired) electrons. The van der Waals surface area contributed by atoms with Crippen LogP contribution in [0, 0.1) is 19.8 Å². The van der Waals surface area contributed by atoms with E-state index in [1.807, 2.05) is 57.3 Å². The minimum Gasteiger partial charge on any atom is -0.385 e. The predicted molar refractivity (Wildman–Crippen MR) is 142 cm³/mol. The first-order valence-electron chi connectivity index (χ1n) is 13.3. The van der Waals surface area contributed by atoms with Gasteiger partial charge >= 0.3 is 0 Å². The van der Waals surface area contributed by atoms with Crippen LogP contribution in [0.3, 0.4) is 0 Å². The molecule has 8 heteroatoms. The molecule has 196 valence electrons. The molecule has 3 atom stereocenters. The second kappa shape index (κ2) is 10.3. The molecule has 37 heavy (non-hydrogen) atoms. The summed E-state index contributed by atoms with van der Waals surface area (Å²) in [5, 5.41) is 19.0. The summed E-state index contributed by atoms with van der Waals surface area (Å²) in [6.45, 7) is 5.54. The first kappa shape index (κ1) is 25.4. The average molecular weight is 504 g/mol. The zero-order chi connectivity index (χ0) is 26.2. The fourth-order valence-electron chi connectivity index (χ4n) is 6.39. The van der Waals surface area contributed by atoms with Gasteiger partial charge in [-0.3, -0.25) is 19.2 Å². The monoisotopic (exact) mass is 503 g/mol. The van der Waals surface area contributed by atoms with E-state index < -0.39 is 11.5 Å². The Kier molecular flexibility index (Phi) is 7.05. The van der Waals surface area contributed by atoms with Crippen molar-refractivity contribution in [3.05, 3.63) is 86.6 Å². The second-order valence-corrected chi connectivity index (χ2v) is 10.7. The third kappa shape index (κ3) is 4.88. The molecule has 2 aliphatic rings. The zero-order valence-electron chi connectivity index (χ0n) is 22.0. The molecule has 3 heterocycles. The van der Waals surface area contributed by atoms with E-state index >= 15 is 0 Å². The molecule has 5 rings (SSSR count). The van der Waals surface area contributed by atoms with Crippen LogP contribution in [0.5, 0.6) is 0 Å². The standard InChI is InChI=1S/C29H37N5O3/c1-19-24(20(2)33(3)32-19)17-30-27(35)23-14-13-22(31-28(23)36)18-34-16-15-29(37,21-9-5-4-6-10-21)25-11-7-8-12-26(25)34/h4-6,9-10,13-14,25-26,37H,7-8,11-12,15-18H2,1-3H3,(H,30,35)(H,31,36)/t25-,26-,29+/m1/s1. The minimum absolute atomic E-state index is 0.107. The number of aromatic nitrogens is 3. The number of amides is 1. The maximum Gasteiger partial charge on any atom is 0.261 e. The quantitative estimate of drug-likeness (QED) is 0.479. The van der Waals surface area contributed by atoms with Crippen LogP contribution < -0.4 is 10.9 Å². The van der Waals surface area contributed by atoms with Gasteiger partial charge in [-0.05, 0) is 50.8 Å². The zero-order valence-corrected chi connectivity index (χ0v) is 22.0. The predicted octanol–water partition coefficient (Wildman–Crippen LogP) is 3.31. The summed E-state index contributed by atoms with van der Waals surface area (Å²) in [7, 11) is 1.87. The number of piperidine rings is 1. The van der Waals surface area contributed by atoms with E-state index in [1.54, 1.807) is 10.7 Å². The molecule has 1 amide bonds. The highest BCUT2D eigenvalue weighted by Crippen LogP contribution is 2.47. The third-order valence-electron chi connectivity index (χ3n) is 8.54. The Labute approximate surface area is 217 Å². The largest absolute Gasteiger partial charge is 0.385 e. The summed E-state index contributed by atoms with van der Waals surface area (Å²) < 4.78 is 1.79. The first-order chi connectivity index (χ1) is 17.8. The lowest BCUT2D eigenvalue weighted by molar-refractivity contribution is -0.123. The maximum absolute atomic E-state index is 12.9. The molecule has 0 unspecified atom stereocenters. The molecule has 3 aromatic rings. The molecule has 1 aliphatic carbocycles. The number of rotatable bonds is 6. The van der Waals surface area contributed by atoms with Gasteiger partial charge in [-0.2, -0.15) is 5.10 Å². The summed E-state index contributed by atoms with van der Waals surface area (Å²) in [6.07, 6.45) is 4.97. The van der Waals surface area contributed by atoms with Crippen molar-refractivity contribution < 1.29 is 9.90 Å². The van der Waals surface area contributed by atoms with Crippen molar-refractivity contribution in [1.82, 2.24) is 25.0 Å². The van der Waals surface area contributed by atoms with E-state index in [4.69, 9.17) is 0 Å². The van der Waals surface area contributed by atoms with Crippen molar-refractivity contribution in [3.8, 4) is 0 Å². The van der Waals surface area contributed by atoms with Gasteiger partial charge in [-0.1, -0.05) is 43.2 Å². The number of fused-ring (bicyclic) bond motifs is 1. The highest BCUT2D eigenvalue weighted by molar-refractivity contribution is 5.93. The van der Waals surface area contributed by atoms with Crippen molar-refractivity contribution in [3.63, 3.8) is 0 Å². The van der Waals surface area contributed by atoms with E-state index in [9.17, 15) is 14.7 Å². The van der Waals surface area contributed by atoms with Gasteiger partial charge in [0.2, 0.25) is 0 Å². The highest BCUT2D eigenvalue weighted by Gasteiger charge is 2.48. The Hall–Kier alpha value is -3.23. The minimum atomic E-state index is -0.816. The average Bonchev–Trinajstić information content (AvgIpc) is 3.15. The van der Waals surface area contributed by atoms with Crippen molar-refractivity contribution >= 4 is 5.91 Å². The number of hydrogen-bond donors (Lipinski definition) is 3. The number of nitrogens with one attached hydrogen (secondary N) is 2. The van der Waals surface area contributed by atoms with Crippen molar-refractivity contribution in [2.45, 2.75) is 70.7 Å². The van der Waals surface area contributed by atoms with E-state index in [-0.39, 0.29) is 23.1 Å². The van der Waals surface area contributed by atoms with Crippen LogP contribution >= 0.6 is 0 Å². The molecule has 1 saturated heterocycles. The Balaban J connectivity index is 1.28. The number of nitrogens with zero attached hydrogens (tertiary/aromatic N) is 3. The molecule has 2 fully saturated rings. The molecule has 1 aliphatic heterocycles. The van der Waals surface area contributed by atoms with Gasteiger partial charge in [0.25, 0.3) is 11.5 Å². The Morgan fingerprint density at radius 1 is 1.16 bits per heavy atom. The van der Waals surface area contributed by atoms with Crippen LogP contribution in [-0.2, 0) is 25.7 Å². The summed E-state index contributed by atoms with van der Waals surface area (Å²) in [4.78, 5) is 31.0. The van der Waals surface area contributed by atoms with E-state index in [1.165, 1.54) is 0 Å². The number of aromatic amines is 1. The Morgan fingerprint density at radius 3 is 2.62 bits per heavy atom. The normalized spacial score (nSPS) is 24.0. The number of hydrogen-bond acceptors (Lipinski definition) is 5. The lowest BCUT2D eigenvalue weighted by Crippen LogP contribution is -2.57. The number of carbonyl (C=O) groups is 1. The molecule has 0 bridgehead atoms. The Morgan fingerprint density at radius 2 is 1.92 bits per heavy atom. The van der Waals surface area contributed by atoms with Gasteiger partial charge < -0.3 is 15.4 Å². The SMILES string of the molecule is Cc1nn(C)c(C)c1CNC(=O)c1ccc(CN2CC[C@](O)(c3ccccc3)[C@@H]3CCCC[C@H]32)[nH]c1=O. The number of aryl methyl sites for hydroxylation is 2. The maximum atomic E-state index is 12.9. The van der Waals surface area contributed by atoms with Gasteiger partial charge in [0, 0.05) is 55.6 Å². The van der Waals surface area contributed by atoms with Crippen LogP contribution in [0.4, 0.5) is 0 Å². The van der Waals surface area contributed by atoms with Crippen LogP contribution in [0.15, 0.2) is 47.3 Å². The van der Waals surface area contributed by atoms with Crippen LogP contribution in [0.1, 0.15) is 70.7 Å². The second-order valence-electron chi connectivity index (χ2n) is 10.7. The van der Waals surface area contributed by atoms with Crippen molar-refractivity contribution in [2.24, 2.45) is 13.0 Å². The van der Waals surface area contributed by atoms with Crippen molar-refractivity contribution in [1.29, 1.82) is 0 Å². The van der Waals surface area contributed by atoms with Crippen LogP contribution in [0.25, 0.3) is 0 Å². The number of pyridine rings is 1. The van der Waals surface area contributed by atoms with E-state index in [0.29, 0.717) is 19.5 Å². The fourth-order valence-corrected chi connectivity index (χ4v) is 6.39. The van der Waals surface area contributed by atoms with Crippen LogP contribution in [0.2, 0.25) is 0 Å². The van der Waals surface area contributed by atoms with Crippen LogP contribution in [-0.4, -0.2) is 43.3 Å². The summed E-state index contributed by atoms with van der Waals surface area (Å²) in [6, 6.07) is 13.8. The molecule has 0 spiro atoms. The van der Waals surface area contributed by atoms with Gasteiger partial charge in [0.15, 0.2) is 0 Å². The molecule has 2 aromatic heterocycles. The Bertz CT molecular complexity index is 1330. The molecular weight excluding hydrogens is 466 g/mol. The molecular formula is C29H37N5O3. The molecule has 8 nitrogen and oxygen atoms in total. The molecule has 1 saturated carbocycles. The fraction of sp³-hybridized carbons (Fsp3) is 0.483. The number of carbonyl (C=O) groups excluding carboxylic acids is 1. The van der Waals surface area contributed by atoms with Gasteiger partial charge in [-0.15, -0.1) is 0 Å². The van der Waals surface area contributed by atoms with Crippen molar-refractivity contribution in [2.75, 3.05) is 6.54 Å². The smallest absolute Gasteiger partial charge is 0.261 e. The van der Waals surface area contributed by atoms with E-state index in [0.717, 1.165) is 60.4 Å². The highest BCUT2D eigenvalue weighted by atomic mass is 16.3. The number of benzene rings is 1. The topological polar surface area (TPSA) is 103 Å². The van der Waals surface area contributed by atoms with E-state index in [2.05, 4.69) is 20.3 Å². The number of H-pyrrole nitrogens is 1. The molecule has 3 N–H and O–H groups in total. The van der Waals surface area contributed by atoms with Gasteiger partial charge in [0.1, 0.15) is 5.56 Å². The number of likely N-dealkylation sites (tertiary alicyclic amines) is 1. The molecule has 1 aromatic carbocycles. The first-order valence-corrected chi connectivity index (χ1v) is 13.3. The third-order valence-corrected chi connectivity index (χ3v) is 8.54. The number of aliphatic hydroxyl groups is 1. The van der Waals surface area contributed by atoms with Gasteiger partial charge in [0.05, 0.1) is 11.3 Å². The summed E-state index contributed by atoms with van der Waals surface area (Å²) >= 11 is 0.